The lowest BCUT2D eigenvalue weighted by molar-refractivity contribution is 0.0950. The van der Waals surface area contributed by atoms with Gasteiger partial charge < -0.3 is 21.3 Å². The molecule has 0 aliphatic carbocycles. The fourth-order valence-electron chi connectivity index (χ4n) is 1.46. The molecule has 1 heterocycles. The Morgan fingerprint density at radius 3 is 2.83 bits per heavy atom. The lowest BCUT2D eigenvalue weighted by Crippen LogP contribution is -2.24. The van der Waals surface area contributed by atoms with Gasteiger partial charge in [0.2, 0.25) is 5.89 Å². The van der Waals surface area contributed by atoms with Crippen LogP contribution in [0.1, 0.15) is 22.1 Å². The first-order valence-corrected chi connectivity index (χ1v) is 5.28. The topological polar surface area (TPSA) is 120 Å². The van der Waals surface area contributed by atoms with E-state index in [1.54, 1.807) is 19.1 Å². The van der Waals surface area contributed by atoms with E-state index in [2.05, 4.69) is 15.5 Å². The lowest BCUT2D eigenvalue weighted by atomic mass is 10.1. The van der Waals surface area contributed by atoms with Gasteiger partial charge >= 0.3 is 0 Å². The van der Waals surface area contributed by atoms with Gasteiger partial charge in [0.15, 0.2) is 5.82 Å². The highest BCUT2D eigenvalue weighted by atomic mass is 16.5. The van der Waals surface area contributed by atoms with Gasteiger partial charge in [0.25, 0.3) is 5.91 Å². The molecule has 7 heteroatoms. The molecule has 0 aliphatic heterocycles. The summed E-state index contributed by atoms with van der Waals surface area (Å²) in [7, 11) is 0. The summed E-state index contributed by atoms with van der Waals surface area (Å²) in [4.78, 5) is 15.8. The molecule has 7 nitrogen and oxygen atoms in total. The zero-order valence-corrected chi connectivity index (χ0v) is 9.80. The minimum Gasteiger partial charge on any atom is -0.399 e. The van der Waals surface area contributed by atoms with Crippen LogP contribution in [0.5, 0.6) is 0 Å². The van der Waals surface area contributed by atoms with Crippen LogP contribution in [0.15, 0.2) is 22.7 Å². The fourth-order valence-corrected chi connectivity index (χ4v) is 1.46. The van der Waals surface area contributed by atoms with Crippen LogP contribution in [-0.2, 0) is 6.54 Å². The van der Waals surface area contributed by atoms with E-state index < -0.39 is 0 Å². The molecule has 1 aromatic carbocycles. The van der Waals surface area contributed by atoms with E-state index in [0.717, 1.165) is 0 Å². The number of nitrogens with two attached hydrogens (primary N) is 2. The molecule has 2 aromatic rings. The van der Waals surface area contributed by atoms with Crippen molar-refractivity contribution < 1.29 is 9.32 Å². The number of nitrogens with one attached hydrogen (secondary N) is 1. The van der Waals surface area contributed by atoms with Gasteiger partial charge in [-0.05, 0) is 18.2 Å². The molecule has 1 aromatic heterocycles. The Kier molecular flexibility index (Phi) is 3.13. The van der Waals surface area contributed by atoms with Crippen molar-refractivity contribution in [2.75, 3.05) is 11.5 Å². The SMILES string of the molecule is Cc1nc(CNC(=O)c2ccc(N)cc2N)no1. The second-order valence-corrected chi connectivity index (χ2v) is 3.76. The van der Waals surface area contributed by atoms with Crippen LogP contribution >= 0.6 is 0 Å². The van der Waals surface area contributed by atoms with Crippen LogP contribution in [0.3, 0.4) is 0 Å². The predicted molar refractivity (Wildman–Crippen MR) is 65.5 cm³/mol. The van der Waals surface area contributed by atoms with Crippen molar-refractivity contribution in [2.24, 2.45) is 0 Å². The maximum atomic E-state index is 11.8. The van der Waals surface area contributed by atoms with E-state index in [0.29, 0.717) is 28.7 Å². The first-order chi connectivity index (χ1) is 8.56. The van der Waals surface area contributed by atoms with Gasteiger partial charge in [-0.2, -0.15) is 4.98 Å². The van der Waals surface area contributed by atoms with E-state index in [1.165, 1.54) is 6.07 Å². The number of hydrogen-bond donors (Lipinski definition) is 3. The Labute approximate surface area is 103 Å². The number of nitrogen functional groups attached to an aromatic ring is 2. The number of aromatic nitrogens is 2. The fraction of sp³-hybridized carbons (Fsp3) is 0.182. The number of carbonyl (C=O) groups excluding carboxylic acids is 1. The zero-order valence-electron chi connectivity index (χ0n) is 9.80. The molecule has 0 aliphatic rings. The summed E-state index contributed by atoms with van der Waals surface area (Å²) < 4.78 is 4.79. The molecule has 0 bridgehead atoms. The van der Waals surface area contributed by atoms with E-state index in [9.17, 15) is 4.79 Å². The standard InChI is InChI=1S/C11H13N5O2/c1-6-15-10(16-18-6)5-14-11(17)8-3-2-7(12)4-9(8)13/h2-4H,5,12-13H2,1H3,(H,14,17). The molecule has 94 valence electrons. The third kappa shape index (κ3) is 2.57. The maximum absolute atomic E-state index is 11.8. The quantitative estimate of drug-likeness (QED) is 0.678. The first kappa shape index (κ1) is 11.9. The molecule has 18 heavy (non-hydrogen) atoms. The number of nitrogens with zero attached hydrogens (tertiary/aromatic N) is 2. The molecule has 0 spiro atoms. The Morgan fingerprint density at radius 1 is 1.44 bits per heavy atom. The number of carbonyl (C=O) groups is 1. The summed E-state index contributed by atoms with van der Waals surface area (Å²) in [5.74, 6) is 0.552. The van der Waals surface area contributed by atoms with E-state index in [-0.39, 0.29) is 12.5 Å². The highest BCUT2D eigenvalue weighted by Crippen LogP contribution is 2.15. The van der Waals surface area contributed by atoms with E-state index in [1.807, 2.05) is 0 Å². The number of amides is 1. The number of benzene rings is 1. The average molecular weight is 247 g/mol. The van der Waals surface area contributed by atoms with Crippen LogP contribution in [0.2, 0.25) is 0 Å². The van der Waals surface area contributed by atoms with Crippen LogP contribution in [0.25, 0.3) is 0 Å². The van der Waals surface area contributed by atoms with Gasteiger partial charge in [-0.15, -0.1) is 0 Å². The molecule has 2 rings (SSSR count). The smallest absolute Gasteiger partial charge is 0.253 e. The zero-order chi connectivity index (χ0) is 13.1. The molecule has 0 saturated carbocycles. The molecular formula is C11H13N5O2. The number of hydrogen-bond acceptors (Lipinski definition) is 6. The molecule has 0 radical (unpaired) electrons. The largest absolute Gasteiger partial charge is 0.399 e. The van der Waals surface area contributed by atoms with Crippen LogP contribution < -0.4 is 16.8 Å². The van der Waals surface area contributed by atoms with Gasteiger partial charge in [-0.1, -0.05) is 5.16 Å². The Morgan fingerprint density at radius 2 is 2.22 bits per heavy atom. The van der Waals surface area contributed by atoms with E-state index >= 15 is 0 Å². The molecular weight excluding hydrogens is 234 g/mol. The molecule has 0 saturated heterocycles. The van der Waals surface area contributed by atoms with Crippen molar-refractivity contribution in [2.45, 2.75) is 13.5 Å². The third-order valence-corrected chi connectivity index (χ3v) is 2.30. The number of anilines is 2. The molecule has 0 unspecified atom stereocenters. The molecule has 1 amide bonds. The summed E-state index contributed by atoms with van der Waals surface area (Å²) in [6.45, 7) is 1.86. The Hall–Kier alpha value is -2.57. The molecule has 0 atom stereocenters. The van der Waals surface area contributed by atoms with Crippen LogP contribution in [0.4, 0.5) is 11.4 Å². The first-order valence-electron chi connectivity index (χ1n) is 5.28. The molecule has 5 N–H and O–H groups in total. The predicted octanol–water partition coefficient (Wildman–Crippen LogP) is 0.472. The van der Waals surface area contributed by atoms with Gasteiger partial charge in [-0.3, -0.25) is 4.79 Å². The van der Waals surface area contributed by atoms with Crippen molar-refractivity contribution in [3.05, 3.63) is 35.5 Å². The van der Waals surface area contributed by atoms with E-state index in [4.69, 9.17) is 16.0 Å². The monoisotopic (exact) mass is 247 g/mol. The maximum Gasteiger partial charge on any atom is 0.253 e. The van der Waals surface area contributed by atoms with Crippen LogP contribution in [-0.4, -0.2) is 16.0 Å². The Balaban J connectivity index is 2.03. The summed E-state index contributed by atoms with van der Waals surface area (Å²) >= 11 is 0. The summed E-state index contributed by atoms with van der Waals surface area (Å²) in [6.07, 6.45) is 0. The average Bonchev–Trinajstić information content (AvgIpc) is 2.72. The summed E-state index contributed by atoms with van der Waals surface area (Å²) in [6, 6.07) is 4.72. The van der Waals surface area contributed by atoms with Gasteiger partial charge in [0.1, 0.15) is 0 Å². The molecule has 0 fully saturated rings. The Bertz CT molecular complexity index is 579. The van der Waals surface area contributed by atoms with Crippen molar-refractivity contribution in [1.82, 2.24) is 15.5 Å². The summed E-state index contributed by atoms with van der Waals surface area (Å²) in [5.41, 5.74) is 12.5. The number of rotatable bonds is 3. The number of aryl methyl sites for hydroxylation is 1. The lowest BCUT2D eigenvalue weighted by Gasteiger charge is -2.06. The summed E-state index contributed by atoms with van der Waals surface area (Å²) in [5, 5.41) is 6.31. The van der Waals surface area contributed by atoms with Gasteiger partial charge in [0.05, 0.1) is 12.1 Å². The normalized spacial score (nSPS) is 10.3. The highest BCUT2D eigenvalue weighted by Gasteiger charge is 2.11. The minimum atomic E-state index is -0.310. The van der Waals surface area contributed by atoms with Crippen molar-refractivity contribution in [3.63, 3.8) is 0 Å². The van der Waals surface area contributed by atoms with Crippen molar-refractivity contribution in [3.8, 4) is 0 Å². The second kappa shape index (κ2) is 4.74. The third-order valence-electron chi connectivity index (χ3n) is 2.30. The minimum absolute atomic E-state index is 0.181. The van der Waals surface area contributed by atoms with Crippen LogP contribution in [0, 0.1) is 6.92 Å². The van der Waals surface area contributed by atoms with Crippen molar-refractivity contribution in [1.29, 1.82) is 0 Å². The van der Waals surface area contributed by atoms with Gasteiger partial charge in [-0.25, -0.2) is 0 Å². The highest BCUT2D eigenvalue weighted by molar-refractivity contribution is 5.99. The van der Waals surface area contributed by atoms with Crippen molar-refractivity contribution >= 4 is 17.3 Å². The van der Waals surface area contributed by atoms with Gasteiger partial charge in [0, 0.05) is 18.3 Å². The second-order valence-electron chi connectivity index (χ2n) is 3.76.